The molecule has 0 bridgehead atoms. The van der Waals surface area contributed by atoms with E-state index in [1.54, 1.807) is 0 Å². The number of ether oxygens (including phenoxy) is 2. The lowest BCUT2D eigenvalue weighted by Gasteiger charge is -2.28. The quantitative estimate of drug-likeness (QED) is 0.390. The third kappa shape index (κ3) is 5.86. The normalized spacial score (nSPS) is 20.0. The highest BCUT2D eigenvalue weighted by molar-refractivity contribution is 5.83. The highest BCUT2D eigenvalue weighted by Crippen LogP contribution is 2.33. The molecule has 1 saturated carbocycles. The van der Waals surface area contributed by atoms with E-state index < -0.39 is 5.92 Å². The Morgan fingerprint density at radius 3 is 2.38 bits per heavy atom. The van der Waals surface area contributed by atoms with Gasteiger partial charge in [-0.05, 0) is 62.6 Å². The minimum absolute atomic E-state index is 0.239. The van der Waals surface area contributed by atoms with Crippen molar-refractivity contribution in [1.82, 2.24) is 0 Å². The van der Waals surface area contributed by atoms with Gasteiger partial charge in [-0.1, -0.05) is 38.8 Å². The van der Waals surface area contributed by atoms with Crippen LogP contribution in [-0.4, -0.2) is 18.5 Å². The Bertz CT molecular complexity index is 621. The zero-order valence-corrected chi connectivity index (χ0v) is 16.5. The molecule has 2 rings (SSSR count). The summed E-state index contributed by atoms with van der Waals surface area (Å²) in [5.74, 6) is -0.131. The lowest BCUT2D eigenvalue weighted by atomic mass is 9.79. The van der Waals surface area contributed by atoms with Gasteiger partial charge in [0.05, 0.1) is 18.4 Å². The van der Waals surface area contributed by atoms with E-state index in [1.807, 2.05) is 32.0 Å². The van der Waals surface area contributed by atoms with Crippen molar-refractivity contribution in [3.05, 3.63) is 29.3 Å². The fourth-order valence-electron chi connectivity index (χ4n) is 3.47. The summed E-state index contributed by atoms with van der Waals surface area (Å²) in [6.45, 7) is 8.63. The molecule has 1 aromatic carbocycles. The van der Waals surface area contributed by atoms with Gasteiger partial charge in [0.1, 0.15) is 5.75 Å². The largest absolute Gasteiger partial charge is 0.465 e. The van der Waals surface area contributed by atoms with Gasteiger partial charge in [-0.25, -0.2) is 0 Å². The molecule has 0 amide bonds. The van der Waals surface area contributed by atoms with Crippen LogP contribution in [0.2, 0.25) is 0 Å². The average Bonchev–Trinajstić information content (AvgIpc) is 2.61. The van der Waals surface area contributed by atoms with Crippen molar-refractivity contribution in [3.8, 4) is 5.75 Å². The summed E-state index contributed by atoms with van der Waals surface area (Å²) in [5, 5.41) is 0. The summed E-state index contributed by atoms with van der Waals surface area (Å²) in [7, 11) is 0. The lowest BCUT2D eigenvalue weighted by Crippen LogP contribution is -2.36. The highest BCUT2D eigenvalue weighted by Gasteiger charge is 2.38. The van der Waals surface area contributed by atoms with Gasteiger partial charge in [0.2, 0.25) is 0 Å². The van der Waals surface area contributed by atoms with Crippen LogP contribution in [0.1, 0.15) is 63.5 Å². The van der Waals surface area contributed by atoms with Crippen molar-refractivity contribution in [2.45, 2.75) is 66.2 Å². The lowest BCUT2D eigenvalue weighted by molar-refractivity contribution is -0.158. The Kier molecular flexibility index (Phi) is 7.67. The highest BCUT2D eigenvalue weighted by atomic mass is 16.5. The van der Waals surface area contributed by atoms with Crippen molar-refractivity contribution in [2.75, 3.05) is 6.61 Å². The molecule has 0 N–H and O–H groups in total. The molecule has 2 unspecified atom stereocenters. The molecule has 1 fully saturated rings. The summed E-state index contributed by atoms with van der Waals surface area (Å²) in [5.41, 5.74) is 1.97. The summed E-state index contributed by atoms with van der Waals surface area (Å²) < 4.78 is 11.1. The standard InChI is InChI=1S/C22H32O4/c1-15(2)8-7-13-25-21(23)18-9-5-6-10-19(18)22(24)26-20-14-16(3)11-12-17(20)4/h11-12,14-15,18-19H,5-10,13H2,1-4H3. The molecule has 1 aliphatic rings. The second-order valence-corrected chi connectivity index (χ2v) is 7.89. The van der Waals surface area contributed by atoms with Gasteiger partial charge in [0, 0.05) is 0 Å². The van der Waals surface area contributed by atoms with E-state index in [-0.39, 0.29) is 17.9 Å². The maximum atomic E-state index is 12.7. The second kappa shape index (κ2) is 9.75. The fraction of sp³-hybridized carbons (Fsp3) is 0.636. The monoisotopic (exact) mass is 360 g/mol. The third-order valence-corrected chi connectivity index (χ3v) is 5.10. The molecule has 1 aromatic rings. The first-order valence-corrected chi connectivity index (χ1v) is 9.84. The molecule has 0 aliphatic heterocycles. The van der Waals surface area contributed by atoms with Crippen LogP contribution in [0.5, 0.6) is 5.75 Å². The first-order chi connectivity index (χ1) is 12.4. The summed E-state index contributed by atoms with van der Waals surface area (Å²) in [4.78, 5) is 25.2. The molecule has 0 radical (unpaired) electrons. The van der Waals surface area contributed by atoms with E-state index >= 15 is 0 Å². The molecule has 0 heterocycles. The summed E-state index contributed by atoms with van der Waals surface area (Å²) in [6.07, 6.45) is 5.21. The molecule has 1 aliphatic carbocycles. The zero-order valence-electron chi connectivity index (χ0n) is 16.5. The van der Waals surface area contributed by atoms with Crippen LogP contribution < -0.4 is 4.74 Å². The second-order valence-electron chi connectivity index (χ2n) is 7.89. The number of hydrogen-bond donors (Lipinski definition) is 0. The van der Waals surface area contributed by atoms with E-state index in [2.05, 4.69) is 13.8 Å². The molecular weight excluding hydrogens is 328 g/mol. The smallest absolute Gasteiger partial charge is 0.315 e. The number of benzene rings is 1. The van der Waals surface area contributed by atoms with E-state index in [0.29, 0.717) is 31.1 Å². The molecule has 144 valence electrons. The van der Waals surface area contributed by atoms with Crippen LogP contribution in [0.15, 0.2) is 18.2 Å². The van der Waals surface area contributed by atoms with E-state index in [9.17, 15) is 9.59 Å². The van der Waals surface area contributed by atoms with Gasteiger partial charge in [-0.2, -0.15) is 0 Å². The van der Waals surface area contributed by atoms with Crippen molar-refractivity contribution in [1.29, 1.82) is 0 Å². The number of carbonyl (C=O) groups is 2. The van der Waals surface area contributed by atoms with Gasteiger partial charge in [-0.15, -0.1) is 0 Å². The maximum Gasteiger partial charge on any atom is 0.315 e. The van der Waals surface area contributed by atoms with Gasteiger partial charge >= 0.3 is 11.9 Å². The molecular formula is C22H32O4. The van der Waals surface area contributed by atoms with E-state index in [0.717, 1.165) is 36.8 Å². The molecule has 4 nitrogen and oxygen atoms in total. The molecule has 0 spiro atoms. The van der Waals surface area contributed by atoms with Gasteiger partial charge < -0.3 is 9.47 Å². The number of esters is 2. The fourth-order valence-corrected chi connectivity index (χ4v) is 3.47. The predicted octanol–water partition coefficient (Wildman–Crippen LogP) is 4.99. The maximum absolute atomic E-state index is 12.7. The Labute approximate surface area is 157 Å². The Hall–Kier alpha value is -1.84. The van der Waals surface area contributed by atoms with Crippen LogP contribution in [0.25, 0.3) is 0 Å². The first kappa shape index (κ1) is 20.5. The van der Waals surface area contributed by atoms with E-state index in [1.165, 1.54) is 0 Å². The minimum Gasteiger partial charge on any atom is -0.465 e. The summed E-state index contributed by atoms with van der Waals surface area (Å²) in [6, 6.07) is 5.80. The van der Waals surface area contributed by atoms with Crippen molar-refractivity contribution in [3.63, 3.8) is 0 Å². The molecule has 2 atom stereocenters. The first-order valence-electron chi connectivity index (χ1n) is 9.84. The van der Waals surface area contributed by atoms with Crippen molar-refractivity contribution < 1.29 is 19.1 Å². The topological polar surface area (TPSA) is 52.6 Å². The summed E-state index contributed by atoms with van der Waals surface area (Å²) >= 11 is 0. The number of aryl methyl sites for hydroxylation is 2. The van der Waals surface area contributed by atoms with Crippen LogP contribution in [0.3, 0.4) is 0 Å². The Morgan fingerprint density at radius 1 is 1.08 bits per heavy atom. The number of carbonyl (C=O) groups excluding carboxylic acids is 2. The zero-order chi connectivity index (χ0) is 19.1. The van der Waals surface area contributed by atoms with Crippen LogP contribution in [0, 0.1) is 31.6 Å². The number of rotatable bonds is 7. The Balaban J connectivity index is 1.97. The SMILES string of the molecule is Cc1ccc(C)c(OC(=O)C2CCCCC2C(=O)OCCCC(C)C)c1. The molecule has 0 aromatic heterocycles. The van der Waals surface area contributed by atoms with Crippen LogP contribution >= 0.6 is 0 Å². The van der Waals surface area contributed by atoms with Gasteiger partial charge in [-0.3, -0.25) is 9.59 Å². The predicted molar refractivity (Wildman–Crippen MR) is 102 cm³/mol. The third-order valence-electron chi connectivity index (χ3n) is 5.10. The minimum atomic E-state index is -0.402. The van der Waals surface area contributed by atoms with Crippen molar-refractivity contribution >= 4 is 11.9 Å². The van der Waals surface area contributed by atoms with Crippen LogP contribution in [-0.2, 0) is 14.3 Å². The van der Waals surface area contributed by atoms with E-state index in [4.69, 9.17) is 9.47 Å². The molecule has 0 saturated heterocycles. The van der Waals surface area contributed by atoms with Gasteiger partial charge in [0.25, 0.3) is 0 Å². The van der Waals surface area contributed by atoms with Crippen LogP contribution in [0.4, 0.5) is 0 Å². The van der Waals surface area contributed by atoms with Gasteiger partial charge in [0.15, 0.2) is 0 Å². The average molecular weight is 360 g/mol. The molecule has 26 heavy (non-hydrogen) atoms. The Morgan fingerprint density at radius 2 is 1.73 bits per heavy atom. The number of hydrogen-bond acceptors (Lipinski definition) is 4. The molecule has 4 heteroatoms. The van der Waals surface area contributed by atoms with Crippen molar-refractivity contribution in [2.24, 2.45) is 17.8 Å².